The molecule has 1 atom stereocenters. The minimum Gasteiger partial charge on any atom is -0.494 e. The van der Waals surface area contributed by atoms with Crippen LogP contribution < -0.4 is 10.1 Å². The van der Waals surface area contributed by atoms with Gasteiger partial charge in [0.15, 0.2) is 0 Å². The first-order chi connectivity index (χ1) is 8.48. The van der Waals surface area contributed by atoms with Gasteiger partial charge in [-0.2, -0.15) is 13.2 Å². The molecule has 0 fully saturated rings. The van der Waals surface area contributed by atoms with Crippen LogP contribution in [0.5, 0.6) is 5.75 Å². The van der Waals surface area contributed by atoms with Crippen LogP contribution in [0, 0.1) is 0 Å². The Kier molecular flexibility index (Phi) is 5.47. The molecular formula is C13H18F3NO. The van der Waals surface area contributed by atoms with Crippen molar-refractivity contribution in [2.45, 2.75) is 32.5 Å². The third-order valence-electron chi connectivity index (χ3n) is 2.48. The number of nitrogens with one attached hydrogen (secondary N) is 1. The standard InChI is InChI=1S/C13H18F3NO/c1-3-17-11(9-13(14,15)16)10-7-5-6-8-12(10)18-4-2/h5-8,11,17H,3-4,9H2,1-2H3. The van der Waals surface area contributed by atoms with E-state index in [1.807, 2.05) is 6.92 Å². The molecule has 2 nitrogen and oxygen atoms in total. The Morgan fingerprint density at radius 2 is 1.89 bits per heavy atom. The molecule has 0 amide bonds. The van der Waals surface area contributed by atoms with Crippen molar-refractivity contribution in [2.24, 2.45) is 0 Å². The molecule has 0 aliphatic heterocycles. The number of benzene rings is 1. The van der Waals surface area contributed by atoms with Crippen molar-refractivity contribution in [2.75, 3.05) is 13.2 Å². The average molecular weight is 261 g/mol. The summed E-state index contributed by atoms with van der Waals surface area (Å²) in [5, 5.41) is 2.85. The van der Waals surface area contributed by atoms with Gasteiger partial charge in [0.1, 0.15) is 5.75 Å². The second kappa shape index (κ2) is 6.64. The quantitative estimate of drug-likeness (QED) is 0.843. The highest BCUT2D eigenvalue weighted by Crippen LogP contribution is 2.33. The molecule has 0 saturated heterocycles. The summed E-state index contributed by atoms with van der Waals surface area (Å²) in [6.07, 6.45) is -5.10. The smallest absolute Gasteiger partial charge is 0.390 e. The predicted octanol–water partition coefficient (Wildman–Crippen LogP) is 3.69. The molecule has 0 heterocycles. The average Bonchev–Trinajstić information content (AvgIpc) is 2.28. The fourth-order valence-corrected chi connectivity index (χ4v) is 1.83. The van der Waals surface area contributed by atoms with Gasteiger partial charge in [0, 0.05) is 11.6 Å². The van der Waals surface area contributed by atoms with Gasteiger partial charge in [0.2, 0.25) is 0 Å². The van der Waals surface area contributed by atoms with E-state index in [-0.39, 0.29) is 0 Å². The largest absolute Gasteiger partial charge is 0.494 e. The van der Waals surface area contributed by atoms with Gasteiger partial charge in [-0.15, -0.1) is 0 Å². The van der Waals surface area contributed by atoms with Crippen molar-refractivity contribution in [1.29, 1.82) is 0 Å². The van der Waals surface area contributed by atoms with E-state index in [0.717, 1.165) is 0 Å². The van der Waals surface area contributed by atoms with E-state index in [9.17, 15) is 13.2 Å². The highest BCUT2D eigenvalue weighted by Gasteiger charge is 2.33. The molecule has 0 radical (unpaired) electrons. The summed E-state index contributed by atoms with van der Waals surface area (Å²) < 4.78 is 43.0. The van der Waals surface area contributed by atoms with E-state index in [0.29, 0.717) is 24.5 Å². The molecule has 1 N–H and O–H groups in total. The Bertz CT molecular complexity index is 365. The van der Waals surface area contributed by atoms with Crippen LogP contribution in [0.25, 0.3) is 0 Å². The Morgan fingerprint density at radius 3 is 2.44 bits per heavy atom. The van der Waals surface area contributed by atoms with E-state index < -0.39 is 18.6 Å². The Balaban J connectivity index is 2.97. The second-order valence-corrected chi connectivity index (χ2v) is 3.90. The summed E-state index contributed by atoms with van der Waals surface area (Å²) in [4.78, 5) is 0. The maximum atomic E-state index is 12.6. The summed E-state index contributed by atoms with van der Waals surface area (Å²) in [6, 6.07) is 6.07. The van der Waals surface area contributed by atoms with Crippen LogP contribution in [0.15, 0.2) is 24.3 Å². The molecule has 0 aromatic heterocycles. The zero-order valence-corrected chi connectivity index (χ0v) is 10.6. The molecule has 0 spiro atoms. The van der Waals surface area contributed by atoms with Crippen molar-refractivity contribution >= 4 is 0 Å². The van der Waals surface area contributed by atoms with Crippen LogP contribution in [-0.4, -0.2) is 19.3 Å². The third-order valence-corrected chi connectivity index (χ3v) is 2.48. The lowest BCUT2D eigenvalue weighted by atomic mass is 10.0. The zero-order valence-electron chi connectivity index (χ0n) is 10.6. The molecule has 1 rings (SSSR count). The molecule has 1 aromatic carbocycles. The fraction of sp³-hybridized carbons (Fsp3) is 0.538. The highest BCUT2D eigenvalue weighted by molar-refractivity contribution is 5.36. The van der Waals surface area contributed by atoms with E-state index in [1.165, 1.54) is 0 Å². The van der Waals surface area contributed by atoms with Gasteiger partial charge in [-0.1, -0.05) is 25.1 Å². The first-order valence-electron chi connectivity index (χ1n) is 5.99. The summed E-state index contributed by atoms with van der Waals surface area (Å²) in [5.74, 6) is 0.509. The summed E-state index contributed by atoms with van der Waals surface area (Å²) in [6.45, 7) is 4.50. The van der Waals surface area contributed by atoms with Gasteiger partial charge >= 0.3 is 6.18 Å². The van der Waals surface area contributed by atoms with Crippen LogP contribution in [0.3, 0.4) is 0 Å². The van der Waals surface area contributed by atoms with Crippen molar-refractivity contribution in [1.82, 2.24) is 5.32 Å². The number of para-hydroxylation sites is 1. The van der Waals surface area contributed by atoms with Gasteiger partial charge in [0.05, 0.1) is 13.0 Å². The maximum Gasteiger partial charge on any atom is 0.390 e. The Labute approximate surface area is 105 Å². The Morgan fingerprint density at radius 1 is 1.22 bits per heavy atom. The number of hydrogen-bond donors (Lipinski definition) is 1. The monoisotopic (exact) mass is 261 g/mol. The predicted molar refractivity (Wildman–Crippen MR) is 64.7 cm³/mol. The summed E-state index contributed by atoms with van der Waals surface area (Å²) in [5.41, 5.74) is 0.554. The number of alkyl halides is 3. The van der Waals surface area contributed by atoms with E-state index in [1.54, 1.807) is 31.2 Å². The SMILES string of the molecule is CCNC(CC(F)(F)F)c1ccccc1OCC. The lowest BCUT2D eigenvalue weighted by Gasteiger charge is -2.22. The number of rotatable bonds is 6. The molecule has 0 aliphatic carbocycles. The molecule has 0 saturated carbocycles. The molecule has 1 unspecified atom stereocenters. The molecule has 18 heavy (non-hydrogen) atoms. The van der Waals surface area contributed by atoms with E-state index >= 15 is 0 Å². The second-order valence-electron chi connectivity index (χ2n) is 3.90. The minimum atomic E-state index is -4.20. The topological polar surface area (TPSA) is 21.3 Å². The summed E-state index contributed by atoms with van der Waals surface area (Å²) in [7, 11) is 0. The lowest BCUT2D eigenvalue weighted by Crippen LogP contribution is -2.27. The van der Waals surface area contributed by atoms with E-state index in [4.69, 9.17) is 4.74 Å². The third kappa shape index (κ3) is 4.56. The van der Waals surface area contributed by atoms with E-state index in [2.05, 4.69) is 5.32 Å². The lowest BCUT2D eigenvalue weighted by molar-refractivity contribution is -0.140. The van der Waals surface area contributed by atoms with Crippen LogP contribution in [0.4, 0.5) is 13.2 Å². The molecule has 0 bridgehead atoms. The normalized spacial score (nSPS) is 13.4. The van der Waals surface area contributed by atoms with Crippen molar-refractivity contribution < 1.29 is 17.9 Å². The van der Waals surface area contributed by atoms with Crippen LogP contribution in [0.2, 0.25) is 0 Å². The van der Waals surface area contributed by atoms with Gasteiger partial charge in [-0.05, 0) is 19.5 Å². The van der Waals surface area contributed by atoms with Gasteiger partial charge < -0.3 is 10.1 Å². The number of halogens is 3. The Hall–Kier alpha value is -1.23. The molecule has 5 heteroatoms. The number of ether oxygens (including phenoxy) is 1. The minimum absolute atomic E-state index is 0.432. The first kappa shape index (κ1) is 14.8. The molecule has 0 aliphatic rings. The molecule has 102 valence electrons. The fourth-order valence-electron chi connectivity index (χ4n) is 1.83. The van der Waals surface area contributed by atoms with Crippen LogP contribution in [0.1, 0.15) is 31.9 Å². The summed E-state index contributed by atoms with van der Waals surface area (Å²) >= 11 is 0. The van der Waals surface area contributed by atoms with Crippen LogP contribution in [-0.2, 0) is 0 Å². The zero-order chi connectivity index (χ0) is 13.6. The van der Waals surface area contributed by atoms with Gasteiger partial charge in [-0.3, -0.25) is 0 Å². The maximum absolute atomic E-state index is 12.6. The van der Waals surface area contributed by atoms with Crippen LogP contribution >= 0.6 is 0 Å². The highest BCUT2D eigenvalue weighted by atomic mass is 19.4. The van der Waals surface area contributed by atoms with Crippen molar-refractivity contribution in [3.63, 3.8) is 0 Å². The van der Waals surface area contributed by atoms with Crippen molar-refractivity contribution in [3.05, 3.63) is 29.8 Å². The van der Waals surface area contributed by atoms with Crippen molar-refractivity contribution in [3.8, 4) is 5.75 Å². The molecular weight excluding hydrogens is 243 g/mol. The first-order valence-corrected chi connectivity index (χ1v) is 5.99. The van der Waals surface area contributed by atoms with Gasteiger partial charge in [-0.25, -0.2) is 0 Å². The molecule has 1 aromatic rings. The number of hydrogen-bond acceptors (Lipinski definition) is 2. The van der Waals surface area contributed by atoms with Gasteiger partial charge in [0.25, 0.3) is 0 Å².